The Labute approximate surface area is 167 Å². The van der Waals surface area contributed by atoms with Crippen molar-refractivity contribution in [3.8, 4) is 0 Å². The van der Waals surface area contributed by atoms with Crippen LogP contribution in [-0.4, -0.2) is 23.0 Å². The molecule has 0 bridgehead atoms. The maximum absolute atomic E-state index is 12.6. The molecule has 1 atom stereocenters. The molecule has 3 N–H and O–H groups in total. The van der Waals surface area contributed by atoms with Gasteiger partial charge in [-0.15, -0.1) is 11.8 Å². The minimum absolute atomic E-state index is 0.0232. The third kappa shape index (κ3) is 4.20. The number of nitrogens with one attached hydrogen (secondary N) is 3. The summed E-state index contributed by atoms with van der Waals surface area (Å²) >= 11 is 1.40. The van der Waals surface area contributed by atoms with Crippen molar-refractivity contribution in [1.82, 2.24) is 0 Å². The number of para-hydroxylation sites is 1. The van der Waals surface area contributed by atoms with E-state index in [1.807, 2.05) is 43.3 Å². The van der Waals surface area contributed by atoms with Gasteiger partial charge in [0.15, 0.2) is 0 Å². The van der Waals surface area contributed by atoms with E-state index in [1.54, 1.807) is 6.07 Å². The molecule has 7 heteroatoms. The molecule has 1 saturated carbocycles. The molecule has 0 saturated heterocycles. The van der Waals surface area contributed by atoms with Crippen LogP contribution in [0.2, 0.25) is 0 Å². The van der Waals surface area contributed by atoms with Gasteiger partial charge in [-0.2, -0.15) is 0 Å². The summed E-state index contributed by atoms with van der Waals surface area (Å²) in [6.07, 6.45) is 1.94. The highest BCUT2D eigenvalue weighted by atomic mass is 32.2. The molecule has 2 aromatic carbocycles. The van der Waals surface area contributed by atoms with Gasteiger partial charge in [0.2, 0.25) is 17.7 Å². The Bertz CT molecular complexity index is 956. The molecule has 144 valence electrons. The molecule has 1 unspecified atom stereocenters. The average Bonchev–Trinajstić information content (AvgIpc) is 3.50. The number of aryl methyl sites for hydroxylation is 1. The van der Waals surface area contributed by atoms with Gasteiger partial charge in [-0.1, -0.05) is 18.2 Å². The highest BCUT2D eigenvalue weighted by Gasteiger charge is 2.30. The lowest BCUT2D eigenvalue weighted by Gasteiger charge is -2.23. The summed E-state index contributed by atoms with van der Waals surface area (Å²) in [6, 6.07) is 13.0. The maximum atomic E-state index is 12.6. The number of rotatable bonds is 5. The molecule has 4 rings (SSSR count). The zero-order valence-electron chi connectivity index (χ0n) is 15.5. The van der Waals surface area contributed by atoms with Crippen LogP contribution in [0, 0.1) is 12.8 Å². The van der Waals surface area contributed by atoms with E-state index in [2.05, 4.69) is 16.0 Å². The van der Waals surface area contributed by atoms with Crippen LogP contribution in [0.5, 0.6) is 0 Å². The Morgan fingerprint density at radius 1 is 1.14 bits per heavy atom. The minimum Gasteiger partial charge on any atom is -0.326 e. The van der Waals surface area contributed by atoms with Crippen molar-refractivity contribution in [3.05, 3.63) is 48.0 Å². The van der Waals surface area contributed by atoms with E-state index in [4.69, 9.17) is 0 Å². The van der Waals surface area contributed by atoms with Gasteiger partial charge in [0.05, 0.1) is 10.9 Å². The quantitative estimate of drug-likeness (QED) is 0.719. The van der Waals surface area contributed by atoms with Crippen molar-refractivity contribution < 1.29 is 14.4 Å². The molecule has 3 amide bonds. The summed E-state index contributed by atoms with van der Waals surface area (Å²) in [5, 5.41) is 8.13. The molecule has 2 aromatic rings. The molecule has 1 aliphatic heterocycles. The number of amides is 3. The Morgan fingerprint density at radius 2 is 1.93 bits per heavy atom. The van der Waals surface area contributed by atoms with Crippen LogP contribution in [-0.2, 0) is 14.4 Å². The van der Waals surface area contributed by atoms with Gasteiger partial charge in [-0.25, -0.2) is 0 Å². The minimum atomic E-state index is -0.479. The molecule has 0 aromatic heterocycles. The summed E-state index contributed by atoms with van der Waals surface area (Å²) in [7, 11) is 0. The Balaban J connectivity index is 1.41. The normalized spacial score (nSPS) is 18.0. The van der Waals surface area contributed by atoms with Crippen LogP contribution in [0.15, 0.2) is 47.4 Å². The Hall–Kier alpha value is -2.80. The number of hydrogen-bond donors (Lipinski definition) is 3. The highest BCUT2D eigenvalue weighted by molar-refractivity contribution is 8.01. The van der Waals surface area contributed by atoms with Crippen molar-refractivity contribution in [2.45, 2.75) is 36.3 Å². The lowest BCUT2D eigenvalue weighted by atomic mass is 10.1. The third-order valence-electron chi connectivity index (χ3n) is 4.80. The summed E-state index contributed by atoms with van der Waals surface area (Å²) in [5.74, 6) is -0.263. The third-order valence-corrected chi connectivity index (χ3v) is 6.08. The molecule has 1 heterocycles. The van der Waals surface area contributed by atoms with Crippen LogP contribution in [0.3, 0.4) is 0 Å². The van der Waals surface area contributed by atoms with E-state index in [9.17, 15) is 14.4 Å². The fraction of sp³-hybridized carbons (Fsp3) is 0.286. The monoisotopic (exact) mass is 395 g/mol. The molecule has 1 fully saturated rings. The van der Waals surface area contributed by atoms with E-state index < -0.39 is 5.25 Å². The number of fused-ring (bicyclic) bond motifs is 1. The topological polar surface area (TPSA) is 87.3 Å². The second-order valence-electron chi connectivity index (χ2n) is 7.14. The first-order valence-electron chi connectivity index (χ1n) is 9.27. The first-order valence-corrected chi connectivity index (χ1v) is 10.2. The molecule has 2 aliphatic rings. The largest absolute Gasteiger partial charge is 0.326 e. The van der Waals surface area contributed by atoms with Gasteiger partial charge in [-0.05, 0) is 49.6 Å². The van der Waals surface area contributed by atoms with Gasteiger partial charge in [-0.3, -0.25) is 14.4 Å². The molecule has 0 radical (unpaired) electrons. The van der Waals surface area contributed by atoms with E-state index in [1.165, 1.54) is 11.8 Å². The van der Waals surface area contributed by atoms with E-state index in [0.29, 0.717) is 11.4 Å². The van der Waals surface area contributed by atoms with Gasteiger partial charge < -0.3 is 16.0 Å². The van der Waals surface area contributed by atoms with Crippen LogP contribution < -0.4 is 16.0 Å². The van der Waals surface area contributed by atoms with Crippen LogP contribution >= 0.6 is 11.8 Å². The SMILES string of the molecule is Cc1ccc(NC(=O)C2CC2)cc1NC(=O)CC1Sc2ccccc2NC1=O. The van der Waals surface area contributed by atoms with Crippen molar-refractivity contribution in [1.29, 1.82) is 0 Å². The number of carbonyl (C=O) groups is 3. The second kappa shape index (κ2) is 7.67. The summed E-state index contributed by atoms with van der Waals surface area (Å²) in [4.78, 5) is 37.8. The zero-order valence-corrected chi connectivity index (χ0v) is 16.3. The number of hydrogen-bond acceptors (Lipinski definition) is 4. The van der Waals surface area contributed by atoms with E-state index >= 15 is 0 Å². The standard InChI is InChI=1S/C21H21N3O3S/c1-12-6-9-14(22-20(26)13-7-8-13)10-16(12)23-19(25)11-18-21(27)24-15-4-2-3-5-17(15)28-18/h2-6,9-10,13,18H,7-8,11H2,1H3,(H,22,26)(H,23,25)(H,24,27). The summed E-state index contributed by atoms with van der Waals surface area (Å²) in [5.41, 5.74) is 2.98. The van der Waals surface area contributed by atoms with Gasteiger partial charge >= 0.3 is 0 Å². The summed E-state index contributed by atoms with van der Waals surface area (Å²) in [6.45, 7) is 1.89. The first-order chi connectivity index (χ1) is 13.5. The van der Waals surface area contributed by atoms with Crippen LogP contribution in [0.25, 0.3) is 0 Å². The first kappa shape index (κ1) is 18.6. The zero-order chi connectivity index (χ0) is 19.7. The molecule has 28 heavy (non-hydrogen) atoms. The second-order valence-corrected chi connectivity index (χ2v) is 8.38. The fourth-order valence-corrected chi connectivity index (χ4v) is 4.13. The number of anilines is 3. The van der Waals surface area contributed by atoms with Crippen molar-refractivity contribution in [2.24, 2.45) is 5.92 Å². The predicted octanol–water partition coefficient (Wildman–Crippen LogP) is 3.79. The Kier molecular flexibility index (Phi) is 5.09. The molecule has 6 nitrogen and oxygen atoms in total. The van der Waals surface area contributed by atoms with E-state index in [0.717, 1.165) is 29.0 Å². The molecule has 0 spiro atoms. The number of benzene rings is 2. The predicted molar refractivity (Wildman–Crippen MR) is 110 cm³/mol. The molecule has 1 aliphatic carbocycles. The van der Waals surface area contributed by atoms with Crippen molar-refractivity contribution >= 4 is 46.5 Å². The lowest BCUT2D eigenvalue weighted by Crippen LogP contribution is -2.32. The lowest BCUT2D eigenvalue weighted by molar-refractivity contribution is -0.120. The fourth-order valence-electron chi connectivity index (χ4n) is 3.02. The van der Waals surface area contributed by atoms with Crippen LogP contribution in [0.1, 0.15) is 24.8 Å². The number of thioether (sulfide) groups is 1. The summed E-state index contributed by atoms with van der Waals surface area (Å²) < 4.78 is 0. The van der Waals surface area contributed by atoms with Gasteiger partial charge in [0, 0.05) is 28.6 Å². The van der Waals surface area contributed by atoms with Gasteiger partial charge in [0.25, 0.3) is 0 Å². The molecular weight excluding hydrogens is 374 g/mol. The highest BCUT2D eigenvalue weighted by Crippen LogP contribution is 2.37. The Morgan fingerprint density at radius 3 is 2.71 bits per heavy atom. The van der Waals surface area contributed by atoms with Crippen molar-refractivity contribution in [2.75, 3.05) is 16.0 Å². The van der Waals surface area contributed by atoms with Crippen molar-refractivity contribution in [3.63, 3.8) is 0 Å². The molecular formula is C21H21N3O3S. The van der Waals surface area contributed by atoms with Crippen LogP contribution in [0.4, 0.5) is 17.1 Å². The smallest absolute Gasteiger partial charge is 0.238 e. The maximum Gasteiger partial charge on any atom is 0.238 e. The van der Waals surface area contributed by atoms with E-state index in [-0.39, 0.29) is 30.1 Å². The van der Waals surface area contributed by atoms with Gasteiger partial charge in [0.1, 0.15) is 0 Å². The number of carbonyl (C=O) groups excluding carboxylic acids is 3. The average molecular weight is 395 g/mol.